The van der Waals surface area contributed by atoms with Crippen molar-refractivity contribution in [3.63, 3.8) is 0 Å². The predicted octanol–water partition coefficient (Wildman–Crippen LogP) is 9.70. The molecule has 0 N–H and O–H groups in total. The van der Waals surface area contributed by atoms with Crippen molar-refractivity contribution in [1.82, 2.24) is 0 Å². The van der Waals surface area contributed by atoms with Crippen LogP contribution in [0.2, 0.25) is 0 Å². The second-order valence-electron chi connectivity index (χ2n) is 12.4. The summed E-state index contributed by atoms with van der Waals surface area (Å²) in [6.07, 6.45) is 0. The van der Waals surface area contributed by atoms with Crippen LogP contribution in [0.25, 0.3) is 11.1 Å². The van der Waals surface area contributed by atoms with Crippen molar-refractivity contribution in [3.05, 3.63) is 184 Å². The molecule has 204 valence electrons. The van der Waals surface area contributed by atoms with Crippen molar-refractivity contribution in [2.24, 2.45) is 0 Å². The van der Waals surface area contributed by atoms with Gasteiger partial charge in [-0.1, -0.05) is 117 Å². The van der Waals surface area contributed by atoms with Gasteiger partial charge in [-0.05, 0) is 80.9 Å². The fourth-order valence-corrected chi connectivity index (χ4v) is 8.23. The number of hydrogen-bond acceptors (Lipinski definition) is 2. The normalized spacial score (nSPS) is 16.0. The molecule has 2 heteroatoms. The van der Waals surface area contributed by atoms with Gasteiger partial charge in [0.05, 0.1) is 16.8 Å². The van der Waals surface area contributed by atoms with Gasteiger partial charge in [0, 0.05) is 22.2 Å². The summed E-state index contributed by atoms with van der Waals surface area (Å²) < 4.78 is 0. The second-order valence-corrected chi connectivity index (χ2v) is 12.4. The Morgan fingerprint density at radius 3 is 1.63 bits per heavy atom. The summed E-state index contributed by atoms with van der Waals surface area (Å²) in [6, 6.07) is 49.8. The van der Waals surface area contributed by atoms with Gasteiger partial charge in [0.25, 0.3) is 0 Å². The first-order valence-corrected chi connectivity index (χ1v) is 15.0. The lowest BCUT2D eigenvalue weighted by molar-refractivity contribution is 0.103. The number of anilines is 3. The molecule has 0 bridgehead atoms. The molecule has 3 aliphatic rings. The number of ketones is 1. The van der Waals surface area contributed by atoms with Crippen LogP contribution in [-0.2, 0) is 10.8 Å². The van der Waals surface area contributed by atoms with Crippen LogP contribution in [0.5, 0.6) is 0 Å². The van der Waals surface area contributed by atoms with Gasteiger partial charge in [0.2, 0.25) is 0 Å². The van der Waals surface area contributed by atoms with E-state index in [-0.39, 0.29) is 11.2 Å². The van der Waals surface area contributed by atoms with E-state index in [1.807, 2.05) is 18.2 Å². The third kappa shape index (κ3) is 2.95. The van der Waals surface area contributed by atoms with E-state index >= 15 is 0 Å². The molecule has 0 aromatic heterocycles. The lowest BCUT2D eigenvalue weighted by Crippen LogP contribution is -2.37. The maximum absolute atomic E-state index is 14.3. The summed E-state index contributed by atoms with van der Waals surface area (Å²) in [5, 5.41) is 0. The Hall–Kier alpha value is -5.21. The first-order valence-electron chi connectivity index (χ1n) is 15.0. The number of benzene rings is 6. The van der Waals surface area contributed by atoms with Gasteiger partial charge >= 0.3 is 0 Å². The van der Waals surface area contributed by atoms with E-state index < -0.39 is 5.41 Å². The molecule has 43 heavy (non-hydrogen) atoms. The van der Waals surface area contributed by atoms with E-state index in [0.29, 0.717) is 0 Å². The van der Waals surface area contributed by atoms with Crippen LogP contribution in [0.1, 0.15) is 63.1 Å². The summed E-state index contributed by atoms with van der Waals surface area (Å²) >= 11 is 0. The van der Waals surface area contributed by atoms with Crippen LogP contribution in [0.3, 0.4) is 0 Å². The molecule has 0 saturated carbocycles. The van der Waals surface area contributed by atoms with Crippen molar-refractivity contribution in [1.29, 1.82) is 0 Å². The zero-order valence-electron chi connectivity index (χ0n) is 24.1. The molecular formula is C41H29NO. The Labute approximate surface area is 251 Å². The minimum Gasteiger partial charge on any atom is -0.310 e. The largest absolute Gasteiger partial charge is 0.310 e. The first kappa shape index (κ1) is 24.4. The van der Waals surface area contributed by atoms with E-state index in [1.165, 1.54) is 33.4 Å². The number of carbonyl (C=O) groups is 1. The standard InChI is InChI=1S/C41H29NO/c1-40(2)31-18-8-7-17-28(31)39(43)30-25-36-29(24-35(30)40)27-16-6-9-19-32(27)41(36)33-20-10-12-22-37(33)42(26-14-4-3-5-15-26)38-23-13-11-21-34(38)41/h3-25H,1-2H3. The molecule has 0 radical (unpaired) electrons. The Morgan fingerprint density at radius 2 is 0.953 bits per heavy atom. The zero-order valence-corrected chi connectivity index (χ0v) is 24.1. The Kier molecular flexibility index (Phi) is 4.78. The van der Waals surface area contributed by atoms with Crippen LogP contribution >= 0.6 is 0 Å². The quantitative estimate of drug-likeness (QED) is 0.202. The maximum Gasteiger partial charge on any atom is 0.193 e. The van der Waals surface area contributed by atoms with Crippen LogP contribution in [-0.4, -0.2) is 5.78 Å². The minimum absolute atomic E-state index is 0.113. The number of nitrogens with zero attached hydrogens (tertiary/aromatic N) is 1. The van der Waals surface area contributed by atoms with E-state index in [1.54, 1.807) is 0 Å². The topological polar surface area (TPSA) is 20.3 Å². The van der Waals surface area contributed by atoms with E-state index in [2.05, 4.69) is 140 Å². The smallest absolute Gasteiger partial charge is 0.193 e. The summed E-state index contributed by atoms with van der Waals surface area (Å²) in [6.45, 7) is 4.51. The van der Waals surface area contributed by atoms with E-state index in [9.17, 15) is 4.79 Å². The summed E-state index contributed by atoms with van der Waals surface area (Å²) in [5.74, 6) is 0.113. The summed E-state index contributed by atoms with van der Waals surface area (Å²) in [5.41, 5.74) is 13.8. The molecule has 1 spiro atoms. The monoisotopic (exact) mass is 551 g/mol. The second kappa shape index (κ2) is 8.42. The number of carbonyl (C=O) groups excluding carboxylic acids is 1. The molecule has 2 nitrogen and oxygen atoms in total. The van der Waals surface area contributed by atoms with Crippen LogP contribution in [0.4, 0.5) is 17.1 Å². The Morgan fingerprint density at radius 1 is 0.442 bits per heavy atom. The molecular weight excluding hydrogens is 522 g/mol. The molecule has 6 aromatic rings. The minimum atomic E-state index is -0.569. The van der Waals surface area contributed by atoms with Crippen LogP contribution in [0.15, 0.2) is 140 Å². The molecule has 0 unspecified atom stereocenters. The van der Waals surface area contributed by atoms with Gasteiger partial charge in [-0.15, -0.1) is 0 Å². The average molecular weight is 552 g/mol. The molecule has 0 amide bonds. The summed E-state index contributed by atoms with van der Waals surface area (Å²) in [4.78, 5) is 16.6. The van der Waals surface area contributed by atoms with Crippen molar-refractivity contribution < 1.29 is 4.79 Å². The molecule has 9 rings (SSSR count). The summed E-state index contributed by atoms with van der Waals surface area (Å²) in [7, 11) is 0. The number of fused-ring (bicyclic) bond motifs is 11. The van der Waals surface area contributed by atoms with Crippen LogP contribution < -0.4 is 4.90 Å². The number of rotatable bonds is 1. The van der Waals surface area contributed by atoms with Gasteiger partial charge < -0.3 is 4.90 Å². The zero-order chi connectivity index (χ0) is 28.9. The molecule has 0 saturated heterocycles. The lowest BCUT2D eigenvalue weighted by atomic mass is 9.63. The molecule has 1 heterocycles. The van der Waals surface area contributed by atoms with Gasteiger partial charge in [0.1, 0.15) is 0 Å². The van der Waals surface area contributed by atoms with Crippen molar-refractivity contribution in [2.45, 2.75) is 24.7 Å². The number of para-hydroxylation sites is 3. The fraction of sp³-hybridized carbons (Fsp3) is 0.0976. The molecule has 0 atom stereocenters. The van der Waals surface area contributed by atoms with E-state index in [4.69, 9.17) is 0 Å². The molecule has 6 aromatic carbocycles. The number of hydrogen-bond donors (Lipinski definition) is 0. The van der Waals surface area contributed by atoms with Gasteiger partial charge in [-0.2, -0.15) is 0 Å². The third-order valence-electron chi connectivity index (χ3n) is 10.1. The van der Waals surface area contributed by atoms with Crippen molar-refractivity contribution in [2.75, 3.05) is 4.90 Å². The van der Waals surface area contributed by atoms with Crippen molar-refractivity contribution in [3.8, 4) is 11.1 Å². The van der Waals surface area contributed by atoms with Crippen molar-refractivity contribution >= 4 is 22.8 Å². The predicted molar refractivity (Wildman–Crippen MR) is 174 cm³/mol. The highest BCUT2D eigenvalue weighted by atomic mass is 16.1. The van der Waals surface area contributed by atoms with E-state index in [0.717, 1.165) is 39.3 Å². The van der Waals surface area contributed by atoms with Crippen LogP contribution in [0, 0.1) is 0 Å². The lowest BCUT2D eigenvalue weighted by Gasteiger charge is -2.45. The Bertz CT molecular complexity index is 2090. The average Bonchev–Trinajstić information content (AvgIpc) is 3.34. The van der Waals surface area contributed by atoms with Gasteiger partial charge in [0.15, 0.2) is 5.78 Å². The molecule has 1 aliphatic heterocycles. The highest BCUT2D eigenvalue weighted by molar-refractivity contribution is 6.14. The highest BCUT2D eigenvalue weighted by Gasteiger charge is 2.52. The molecule has 2 aliphatic carbocycles. The SMILES string of the molecule is CC1(C)c2ccccc2C(=O)c2cc3c(cc21)-c1ccccc1C31c2ccccc2N(c2ccccc2)c2ccccc21. The van der Waals surface area contributed by atoms with Gasteiger partial charge in [-0.25, -0.2) is 0 Å². The fourth-order valence-electron chi connectivity index (χ4n) is 8.23. The first-order chi connectivity index (χ1) is 21.0. The third-order valence-corrected chi connectivity index (χ3v) is 10.1. The Balaban J connectivity index is 1.42. The molecule has 0 fully saturated rings. The maximum atomic E-state index is 14.3. The van der Waals surface area contributed by atoms with Gasteiger partial charge in [-0.3, -0.25) is 4.79 Å². The highest BCUT2D eigenvalue weighted by Crippen LogP contribution is 2.64.